The van der Waals surface area contributed by atoms with Crippen LogP contribution in [0.3, 0.4) is 0 Å². The maximum atomic E-state index is 13.0. The first-order valence-corrected chi connectivity index (χ1v) is 6.13. The molecule has 0 atom stereocenters. The van der Waals surface area contributed by atoms with Gasteiger partial charge in [0.1, 0.15) is 23.0 Å². The maximum Gasteiger partial charge on any atom is 0.254 e. The Kier molecular flexibility index (Phi) is 3.85. The predicted molar refractivity (Wildman–Crippen MR) is 73.9 cm³/mol. The van der Waals surface area contributed by atoms with E-state index in [9.17, 15) is 9.18 Å². The highest BCUT2D eigenvalue weighted by Gasteiger charge is 2.15. The van der Waals surface area contributed by atoms with Gasteiger partial charge in [-0.05, 0) is 24.6 Å². The predicted octanol–water partition coefficient (Wildman–Crippen LogP) is 1.85. The van der Waals surface area contributed by atoms with Crippen molar-refractivity contribution in [3.63, 3.8) is 0 Å². The van der Waals surface area contributed by atoms with E-state index in [1.54, 1.807) is 13.0 Å². The third-order valence-electron chi connectivity index (χ3n) is 2.77. The Morgan fingerprint density at radius 3 is 2.65 bits per heavy atom. The molecule has 1 aromatic heterocycles. The number of nitrogens with zero attached hydrogens (tertiary/aromatic N) is 2. The number of anilines is 1. The Morgan fingerprint density at radius 1 is 1.40 bits per heavy atom. The van der Waals surface area contributed by atoms with Crippen LogP contribution in [0.15, 0.2) is 18.2 Å². The molecule has 0 fully saturated rings. The van der Waals surface area contributed by atoms with Gasteiger partial charge in [-0.1, -0.05) is 17.7 Å². The molecule has 4 N–H and O–H groups in total. The number of carbonyl (C=O) groups is 1. The lowest BCUT2D eigenvalue weighted by Gasteiger charge is -2.08. The Labute approximate surface area is 119 Å². The summed E-state index contributed by atoms with van der Waals surface area (Å²) in [7, 11) is 0. The van der Waals surface area contributed by atoms with Gasteiger partial charge in [-0.25, -0.2) is 14.4 Å². The molecule has 1 amide bonds. The van der Waals surface area contributed by atoms with E-state index in [2.05, 4.69) is 9.97 Å². The zero-order valence-electron chi connectivity index (χ0n) is 10.7. The third kappa shape index (κ3) is 2.85. The van der Waals surface area contributed by atoms with Crippen LogP contribution in [-0.2, 0) is 6.42 Å². The number of hydrogen-bond acceptors (Lipinski definition) is 4. The van der Waals surface area contributed by atoms with Gasteiger partial charge in [0.25, 0.3) is 5.91 Å². The first kappa shape index (κ1) is 14.2. The highest BCUT2D eigenvalue weighted by Crippen LogP contribution is 2.21. The van der Waals surface area contributed by atoms with Crippen molar-refractivity contribution in [3.05, 3.63) is 51.7 Å². The number of aryl methyl sites for hydroxylation is 1. The van der Waals surface area contributed by atoms with Crippen LogP contribution in [0.1, 0.15) is 27.4 Å². The summed E-state index contributed by atoms with van der Waals surface area (Å²) >= 11 is 5.94. The molecule has 2 rings (SSSR count). The Morgan fingerprint density at radius 2 is 2.10 bits per heavy atom. The topological polar surface area (TPSA) is 94.9 Å². The van der Waals surface area contributed by atoms with E-state index in [-0.39, 0.29) is 22.8 Å². The van der Waals surface area contributed by atoms with Crippen molar-refractivity contribution in [2.75, 3.05) is 5.73 Å². The lowest BCUT2D eigenvalue weighted by atomic mass is 10.1. The number of carbonyl (C=O) groups excluding carboxylic acids is 1. The standard InChI is InChI=1S/C13H12ClFN4O/c1-6-11(13(17)20)12(16)19-10(18-6)4-7-2-3-8(15)5-9(7)14/h2-3,5H,4H2,1H3,(H2,17,20)(H2,16,18,19). The van der Waals surface area contributed by atoms with E-state index in [1.165, 1.54) is 12.1 Å². The molecule has 0 unspecified atom stereocenters. The van der Waals surface area contributed by atoms with Gasteiger partial charge in [0.2, 0.25) is 0 Å². The minimum absolute atomic E-state index is 0.0261. The molecule has 5 nitrogen and oxygen atoms in total. The average molecular weight is 295 g/mol. The van der Waals surface area contributed by atoms with Crippen LogP contribution < -0.4 is 11.5 Å². The van der Waals surface area contributed by atoms with Crippen LogP contribution in [0.25, 0.3) is 0 Å². The van der Waals surface area contributed by atoms with Crippen molar-refractivity contribution in [1.29, 1.82) is 0 Å². The molecule has 0 spiro atoms. The Bertz CT molecular complexity index is 667. The summed E-state index contributed by atoms with van der Waals surface area (Å²) in [4.78, 5) is 19.4. The number of rotatable bonds is 3. The minimum Gasteiger partial charge on any atom is -0.383 e. The largest absolute Gasteiger partial charge is 0.383 e. The molecule has 0 aliphatic heterocycles. The highest BCUT2D eigenvalue weighted by molar-refractivity contribution is 6.31. The van der Waals surface area contributed by atoms with Gasteiger partial charge in [0.15, 0.2) is 0 Å². The number of nitrogens with two attached hydrogens (primary N) is 2. The van der Waals surface area contributed by atoms with Crippen molar-refractivity contribution in [2.45, 2.75) is 13.3 Å². The third-order valence-corrected chi connectivity index (χ3v) is 3.13. The number of benzene rings is 1. The SMILES string of the molecule is Cc1nc(Cc2ccc(F)cc2Cl)nc(N)c1C(N)=O. The molecule has 0 aliphatic rings. The van der Waals surface area contributed by atoms with Crippen LogP contribution in [0.4, 0.5) is 10.2 Å². The van der Waals surface area contributed by atoms with E-state index in [0.29, 0.717) is 17.1 Å². The summed E-state index contributed by atoms with van der Waals surface area (Å²) in [5.41, 5.74) is 12.1. The second-order valence-corrected chi connectivity index (χ2v) is 4.67. The number of primary amides is 1. The first-order valence-electron chi connectivity index (χ1n) is 5.75. The second kappa shape index (κ2) is 5.42. The zero-order valence-corrected chi connectivity index (χ0v) is 11.4. The molecule has 1 aromatic carbocycles. The molecule has 104 valence electrons. The number of hydrogen-bond donors (Lipinski definition) is 2. The van der Waals surface area contributed by atoms with Gasteiger partial charge >= 0.3 is 0 Å². The van der Waals surface area contributed by atoms with Crippen LogP contribution in [-0.4, -0.2) is 15.9 Å². The van der Waals surface area contributed by atoms with E-state index in [0.717, 1.165) is 0 Å². The zero-order chi connectivity index (χ0) is 14.9. The van der Waals surface area contributed by atoms with Crippen LogP contribution in [0, 0.1) is 12.7 Å². The van der Waals surface area contributed by atoms with Crippen molar-refractivity contribution < 1.29 is 9.18 Å². The van der Waals surface area contributed by atoms with E-state index in [1.807, 2.05) is 0 Å². The van der Waals surface area contributed by atoms with Gasteiger partial charge < -0.3 is 11.5 Å². The summed E-state index contributed by atoms with van der Waals surface area (Å²) in [6.07, 6.45) is 0.281. The molecule has 0 bridgehead atoms. The van der Waals surface area contributed by atoms with Crippen LogP contribution in [0.2, 0.25) is 5.02 Å². The van der Waals surface area contributed by atoms with Gasteiger partial charge in [-0.3, -0.25) is 4.79 Å². The highest BCUT2D eigenvalue weighted by atomic mass is 35.5. The monoisotopic (exact) mass is 294 g/mol. The van der Waals surface area contributed by atoms with Gasteiger partial charge in [-0.2, -0.15) is 0 Å². The fourth-order valence-electron chi connectivity index (χ4n) is 1.87. The van der Waals surface area contributed by atoms with Crippen molar-refractivity contribution in [1.82, 2.24) is 9.97 Å². The van der Waals surface area contributed by atoms with E-state index < -0.39 is 11.7 Å². The Balaban J connectivity index is 2.37. The molecule has 0 saturated heterocycles. The molecule has 20 heavy (non-hydrogen) atoms. The van der Waals surface area contributed by atoms with Crippen LogP contribution >= 0.6 is 11.6 Å². The molecular formula is C13H12ClFN4O. The van der Waals surface area contributed by atoms with E-state index >= 15 is 0 Å². The molecule has 1 heterocycles. The first-order chi connectivity index (χ1) is 9.38. The fraction of sp³-hybridized carbons (Fsp3) is 0.154. The average Bonchev–Trinajstić information content (AvgIpc) is 2.31. The summed E-state index contributed by atoms with van der Waals surface area (Å²) in [6, 6.07) is 4.06. The van der Waals surface area contributed by atoms with Crippen molar-refractivity contribution in [2.24, 2.45) is 5.73 Å². The molecule has 0 aliphatic carbocycles. The Hall–Kier alpha value is -2.21. The maximum absolute atomic E-state index is 13.0. The van der Waals surface area contributed by atoms with Crippen molar-refractivity contribution in [3.8, 4) is 0 Å². The molecule has 7 heteroatoms. The van der Waals surface area contributed by atoms with Gasteiger partial charge in [-0.15, -0.1) is 0 Å². The fourth-order valence-corrected chi connectivity index (χ4v) is 2.11. The van der Waals surface area contributed by atoms with Gasteiger partial charge in [0.05, 0.1) is 5.69 Å². The number of nitrogen functional groups attached to an aromatic ring is 1. The summed E-state index contributed by atoms with van der Waals surface area (Å²) in [5, 5.41) is 0.281. The van der Waals surface area contributed by atoms with Crippen molar-refractivity contribution >= 4 is 23.3 Å². The minimum atomic E-state index is -0.675. The van der Waals surface area contributed by atoms with E-state index in [4.69, 9.17) is 23.1 Å². The quantitative estimate of drug-likeness (QED) is 0.903. The summed E-state index contributed by atoms with van der Waals surface area (Å²) in [5.74, 6) is -0.678. The number of halogens is 2. The molecular weight excluding hydrogens is 283 g/mol. The lowest BCUT2D eigenvalue weighted by molar-refractivity contribution is 0.1000. The second-order valence-electron chi connectivity index (χ2n) is 4.26. The molecule has 0 radical (unpaired) electrons. The summed E-state index contributed by atoms with van der Waals surface area (Å²) in [6.45, 7) is 1.62. The van der Waals surface area contributed by atoms with Gasteiger partial charge in [0, 0.05) is 11.4 Å². The lowest BCUT2D eigenvalue weighted by Crippen LogP contribution is -2.18. The normalized spacial score (nSPS) is 10.6. The van der Waals surface area contributed by atoms with Crippen LogP contribution in [0.5, 0.6) is 0 Å². The number of aromatic nitrogens is 2. The smallest absolute Gasteiger partial charge is 0.254 e. The molecule has 2 aromatic rings. The number of amides is 1. The molecule has 0 saturated carbocycles. The summed E-state index contributed by atoms with van der Waals surface area (Å²) < 4.78 is 13.0.